The van der Waals surface area contributed by atoms with Gasteiger partial charge in [-0.2, -0.15) is 5.10 Å². The number of hydrogen-bond acceptors (Lipinski definition) is 5. The molecule has 0 spiro atoms. The van der Waals surface area contributed by atoms with E-state index in [0.29, 0.717) is 23.9 Å². The average molecular weight is 407 g/mol. The van der Waals surface area contributed by atoms with E-state index in [4.69, 9.17) is 14.2 Å². The molecule has 2 aromatic carbocycles. The van der Waals surface area contributed by atoms with Crippen LogP contribution in [-0.2, 0) is 4.79 Å². The fraction of sp³-hybridized carbons (Fsp3) is 0.222. The zero-order valence-electron chi connectivity index (χ0n) is 14.0. The summed E-state index contributed by atoms with van der Waals surface area (Å²) in [5.41, 5.74) is 3.15. The van der Waals surface area contributed by atoms with Gasteiger partial charge >= 0.3 is 0 Å². The molecule has 2 rings (SSSR count). The number of methoxy groups -OCH3 is 1. The standard InChI is InChI=1S/C18H19BrN2O4/c1-3-24-16-6-4-5-7-17(16)25-12-18(22)21-20-11-13-10-14(19)8-9-15(13)23-2/h4-11H,3,12H2,1-2H3,(H,21,22)/b20-11-. The maximum atomic E-state index is 11.9. The molecule has 0 aliphatic rings. The number of halogens is 1. The van der Waals surface area contributed by atoms with Crippen molar-refractivity contribution in [2.75, 3.05) is 20.3 Å². The Morgan fingerprint density at radius 2 is 1.88 bits per heavy atom. The van der Waals surface area contributed by atoms with E-state index >= 15 is 0 Å². The molecule has 7 heteroatoms. The zero-order valence-corrected chi connectivity index (χ0v) is 15.6. The summed E-state index contributed by atoms with van der Waals surface area (Å²) in [6.07, 6.45) is 1.51. The van der Waals surface area contributed by atoms with Gasteiger partial charge in [-0.1, -0.05) is 28.1 Å². The van der Waals surface area contributed by atoms with Crippen molar-refractivity contribution < 1.29 is 19.0 Å². The molecule has 0 heterocycles. The Morgan fingerprint density at radius 1 is 1.16 bits per heavy atom. The number of nitrogens with one attached hydrogen (secondary N) is 1. The second-order valence-corrected chi connectivity index (χ2v) is 5.76. The number of carbonyl (C=O) groups excluding carboxylic acids is 1. The van der Waals surface area contributed by atoms with Gasteiger partial charge in [0.05, 0.1) is 19.9 Å². The quantitative estimate of drug-likeness (QED) is 0.538. The van der Waals surface area contributed by atoms with Gasteiger partial charge in [0, 0.05) is 10.0 Å². The van der Waals surface area contributed by atoms with E-state index in [1.54, 1.807) is 25.3 Å². The van der Waals surface area contributed by atoms with Crippen LogP contribution in [0.1, 0.15) is 12.5 Å². The first-order chi connectivity index (χ1) is 12.1. The van der Waals surface area contributed by atoms with E-state index < -0.39 is 0 Å². The van der Waals surface area contributed by atoms with E-state index in [0.717, 1.165) is 10.0 Å². The predicted octanol–water partition coefficient (Wildman–Crippen LogP) is 3.39. The Kier molecular flexibility index (Phi) is 7.28. The second kappa shape index (κ2) is 9.68. The second-order valence-electron chi connectivity index (χ2n) is 4.85. The molecular formula is C18H19BrN2O4. The van der Waals surface area contributed by atoms with E-state index in [1.807, 2.05) is 31.2 Å². The molecule has 0 atom stereocenters. The fourth-order valence-corrected chi connectivity index (χ4v) is 2.38. The molecule has 0 bridgehead atoms. The predicted molar refractivity (Wildman–Crippen MR) is 99.5 cm³/mol. The highest BCUT2D eigenvalue weighted by Crippen LogP contribution is 2.26. The first kappa shape index (κ1) is 18.8. The van der Waals surface area contributed by atoms with Crippen LogP contribution < -0.4 is 19.6 Å². The minimum atomic E-state index is -0.378. The van der Waals surface area contributed by atoms with Crippen LogP contribution in [0.15, 0.2) is 52.0 Å². The molecule has 1 amide bonds. The number of rotatable bonds is 8. The molecule has 0 aliphatic carbocycles. The van der Waals surface area contributed by atoms with E-state index in [-0.39, 0.29) is 12.5 Å². The Hall–Kier alpha value is -2.54. The molecule has 0 unspecified atom stereocenters. The van der Waals surface area contributed by atoms with Crippen molar-refractivity contribution in [3.8, 4) is 17.2 Å². The van der Waals surface area contributed by atoms with E-state index in [9.17, 15) is 4.79 Å². The summed E-state index contributed by atoms with van der Waals surface area (Å²) in [6, 6.07) is 12.7. The van der Waals surface area contributed by atoms with E-state index in [1.165, 1.54) is 6.21 Å². The van der Waals surface area contributed by atoms with Crippen LogP contribution in [0.25, 0.3) is 0 Å². The van der Waals surface area contributed by atoms with Crippen molar-refractivity contribution in [1.29, 1.82) is 0 Å². The van der Waals surface area contributed by atoms with Crippen LogP contribution in [0.4, 0.5) is 0 Å². The molecule has 6 nitrogen and oxygen atoms in total. The number of ether oxygens (including phenoxy) is 3. The fourth-order valence-electron chi connectivity index (χ4n) is 2.00. The molecule has 25 heavy (non-hydrogen) atoms. The normalized spacial score (nSPS) is 10.5. The number of benzene rings is 2. The largest absolute Gasteiger partial charge is 0.496 e. The number of para-hydroxylation sites is 2. The molecule has 0 saturated heterocycles. The van der Waals surface area contributed by atoms with Crippen LogP contribution in [0.3, 0.4) is 0 Å². The van der Waals surface area contributed by atoms with Crippen LogP contribution >= 0.6 is 15.9 Å². The monoisotopic (exact) mass is 406 g/mol. The number of hydrogen-bond donors (Lipinski definition) is 1. The summed E-state index contributed by atoms with van der Waals surface area (Å²) in [5.74, 6) is 1.39. The number of amides is 1. The number of hydrazone groups is 1. The third-order valence-electron chi connectivity index (χ3n) is 3.09. The smallest absolute Gasteiger partial charge is 0.277 e. The molecule has 0 fully saturated rings. The summed E-state index contributed by atoms with van der Waals surface area (Å²) < 4.78 is 17.0. The van der Waals surface area contributed by atoms with Crippen LogP contribution in [0.5, 0.6) is 17.2 Å². The zero-order chi connectivity index (χ0) is 18.1. The molecule has 0 aromatic heterocycles. The van der Waals surface area contributed by atoms with Crippen LogP contribution in [0, 0.1) is 0 Å². The molecule has 0 saturated carbocycles. The Bertz CT molecular complexity index is 750. The summed E-state index contributed by atoms with van der Waals surface area (Å²) in [6.45, 7) is 2.23. The minimum absolute atomic E-state index is 0.170. The summed E-state index contributed by atoms with van der Waals surface area (Å²) in [7, 11) is 1.57. The van der Waals surface area contributed by atoms with Crippen molar-refractivity contribution in [2.24, 2.45) is 5.10 Å². The van der Waals surface area contributed by atoms with Crippen LogP contribution in [0.2, 0.25) is 0 Å². The van der Waals surface area contributed by atoms with Crippen molar-refractivity contribution in [3.05, 3.63) is 52.5 Å². The molecule has 132 valence electrons. The lowest BCUT2D eigenvalue weighted by molar-refractivity contribution is -0.123. The Labute approximate surface area is 154 Å². The van der Waals surface area contributed by atoms with Crippen LogP contribution in [-0.4, -0.2) is 32.4 Å². The number of carbonyl (C=O) groups is 1. The van der Waals surface area contributed by atoms with Crippen molar-refractivity contribution >= 4 is 28.1 Å². The van der Waals surface area contributed by atoms with Gasteiger partial charge in [0.1, 0.15) is 5.75 Å². The van der Waals surface area contributed by atoms with E-state index in [2.05, 4.69) is 26.5 Å². The maximum Gasteiger partial charge on any atom is 0.277 e. The van der Waals surface area contributed by atoms with Crippen molar-refractivity contribution in [3.63, 3.8) is 0 Å². The summed E-state index contributed by atoms with van der Waals surface area (Å²) in [4.78, 5) is 11.9. The average Bonchev–Trinajstić information content (AvgIpc) is 2.61. The van der Waals surface area contributed by atoms with Gasteiger partial charge < -0.3 is 14.2 Å². The number of nitrogens with zero attached hydrogens (tertiary/aromatic N) is 1. The van der Waals surface area contributed by atoms with Crippen molar-refractivity contribution in [2.45, 2.75) is 6.92 Å². The summed E-state index contributed by atoms with van der Waals surface area (Å²) in [5, 5.41) is 3.93. The highest BCUT2D eigenvalue weighted by molar-refractivity contribution is 9.10. The first-order valence-electron chi connectivity index (χ1n) is 7.64. The lowest BCUT2D eigenvalue weighted by atomic mass is 10.2. The van der Waals surface area contributed by atoms with Gasteiger partial charge in [-0.15, -0.1) is 0 Å². The maximum absolute atomic E-state index is 11.9. The lowest BCUT2D eigenvalue weighted by Gasteiger charge is -2.10. The Balaban J connectivity index is 1.90. The highest BCUT2D eigenvalue weighted by atomic mass is 79.9. The molecule has 0 radical (unpaired) electrons. The van der Waals surface area contributed by atoms with Gasteiger partial charge in [-0.3, -0.25) is 4.79 Å². The molecular weight excluding hydrogens is 388 g/mol. The van der Waals surface area contributed by atoms with Gasteiger partial charge in [0.25, 0.3) is 5.91 Å². The van der Waals surface area contributed by atoms with Gasteiger partial charge in [0.2, 0.25) is 0 Å². The summed E-state index contributed by atoms with van der Waals surface area (Å²) >= 11 is 3.38. The third-order valence-corrected chi connectivity index (χ3v) is 3.59. The third kappa shape index (κ3) is 5.79. The Morgan fingerprint density at radius 3 is 2.56 bits per heavy atom. The van der Waals surface area contributed by atoms with Gasteiger partial charge in [-0.05, 0) is 37.3 Å². The highest BCUT2D eigenvalue weighted by Gasteiger charge is 2.07. The van der Waals surface area contributed by atoms with Gasteiger partial charge in [0.15, 0.2) is 18.1 Å². The minimum Gasteiger partial charge on any atom is -0.496 e. The first-order valence-corrected chi connectivity index (χ1v) is 8.43. The van der Waals surface area contributed by atoms with Crippen molar-refractivity contribution in [1.82, 2.24) is 5.43 Å². The molecule has 2 aromatic rings. The SMILES string of the molecule is CCOc1ccccc1OCC(=O)N/N=C\c1cc(Br)ccc1OC. The molecule has 0 aliphatic heterocycles. The molecule has 1 N–H and O–H groups in total. The lowest BCUT2D eigenvalue weighted by Crippen LogP contribution is -2.24. The topological polar surface area (TPSA) is 69.2 Å². The van der Waals surface area contributed by atoms with Gasteiger partial charge in [-0.25, -0.2) is 5.43 Å².